The molecule has 0 aliphatic carbocycles. The van der Waals surface area contributed by atoms with E-state index < -0.39 is 0 Å². The summed E-state index contributed by atoms with van der Waals surface area (Å²) in [5.41, 5.74) is 2.02. The lowest BCUT2D eigenvalue weighted by Crippen LogP contribution is -2.17. The number of carbonyl (C=O) groups is 2. The molecule has 0 aliphatic rings. The van der Waals surface area contributed by atoms with Gasteiger partial charge in [0, 0.05) is 24.4 Å². The fraction of sp³-hybridized carbons (Fsp3) is 0.474. The van der Waals surface area contributed by atoms with Gasteiger partial charge in [0.25, 0.3) is 0 Å². The maximum Gasteiger partial charge on any atom is 0.226 e. The molecule has 0 radical (unpaired) electrons. The third kappa shape index (κ3) is 6.55. The maximum absolute atomic E-state index is 12.0. The van der Waals surface area contributed by atoms with Crippen LogP contribution in [-0.4, -0.2) is 22.0 Å². The van der Waals surface area contributed by atoms with Crippen molar-refractivity contribution in [2.75, 3.05) is 10.6 Å². The number of nitrogens with one attached hydrogen (secondary N) is 2. The van der Waals surface area contributed by atoms with Crippen molar-refractivity contribution in [1.82, 2.24) is 10.2 Å². The second-order valence-corrected chi connectivity index (χ2v) is 7.51. The van der Waals surface area contributed by atoms with E-state index in [2.05, 4.69) is 27.8 Å². The zero-order valence-corrected chi connectivity index (χ0v) is 16.4. The number of amides is 2. The van der Waals surface area contributed by atoms with Gasteiger partial charge in [-0.3, -0.25) is 9.59 Å². The Morgan fingerprint density at radius 2 is 1.69 bits per heavy atom. The molecule has 0 unspecified atom stereocenters. The summed E-state index contributed by atoms with van der Waals surface area (Å²) in [6, 6.07) is 7.86. The standard InChI is InChI=1S/C19H26N4O2S/c1-4-5-6-14-7-9-15(10-8-14)20-16(24)11-12-17(25)21-19-23-22-18(26-19)13(2)3/h7-10,13H,4-6,11-12H2,1-3H3,(H,20,24)(H,21,23,25). The molecule has 1 heterocycles. The van der Waals surface area contributed by atoms with E-state index in [1.807, 2.05) is 38.1 Å². The van der Waals surface area contributed by atoms with Crippen molar-refractivity contribution in [3.63, 3.8) is 0 Å². The topological polar surface area (TPSA) is 84.0 Å². The van der Waals surface area contributed by atoms with Crippen LogP contribution in [0.1, 0.15) is 62.9 Å². The monoisotopic (exact) mass is 374 g/mol. The highest BCUT2D eigenvalue weighted by atomic mass is 32.1. The van der Waals surface area contributed by atoms with E-state index in [-0.39, 0.29) is 30.6 Å². The van der Waals surface area contributed by atoms with E-state index in [0.717, 1.165) is 30.0 Å². The molecule has 0 spiro atoms. The number of benzene rings is 1. The number of rotatable bonds is 9. The van der Waals surface area contributed by atoms with Crippen LogP contribution in [-0.2, 0) is 16.0 Å². The van der Waals surface area contributed by atoms with Crippen LogP contribution in [0.3, 0.4) is 0 Å². The predicted molar refractivity (Wildman–Crippen MR) is 106 cm³/mol. The number of anilines is 2. The summed E-state index contributed by atoms with van der Waals surface area (Å²) in [5.74, 6) is -0.139. The molecule has 2 N–H and O–H groups in total. The Bertz CT molecular complexity index is 725. The van der Waals surface area contributed by atoms with Gasteiger partial charge >= 0.3 is 0 Å². The Morgan fingerprint density at radius 1 is 1.04 bits per heavy atom. The number of aryl methyl sites for hydroxylation is 1. The summed E-state index contributed by atoms with van der Waals surface area (Å²) in [6.07, 6.45) is 3.61. The maximum atomic E-state index is 12.0. The number of hydrogen-bond donors (Lipinski definition) is 2. The molecule has 26 heavy (non-hydrogen) atoms. The van der Waals surface area contributed by atoms with Gasteiger partial charge in [0.15, 0.2) is 0 Å². The first-order valence-electron chi connectivity index (χ1n) is 9.00. The highest BCUT2D eigenvalue weighted by Gasteiger charge is 2.12. The Kier molecular flexibility index (Phi) is 7.72. The van der Waals surface area contributed by atoms with Crippen LogP contribution in [0.25, 0.3) is 0 Å². The second-order valence-electron chi connectivity index (χ2n) is 6.50. The van der Waals surface area contributed by atoms with Crippen molar-refractivity contribution in [2.45, 2.75) is 58.8 Å². The summed E-state index contributed by atoms with van der Waals surface area (Å²) in [5, 5.41) is 14.8. The van der Waals surface area contributed by atoms with Gasteiger partial charge in [-0.25, -0.2) is 0 Å². The molecule has 2 amide bonds. The van der Waals surface area contributed by atoms with E-state index in [1.165, 1.54) is 16.9 Å². The van der Waals surface area contributed by atoms with Crippen LogP contribution in [0.15, 0.2) is 24.3 Å². The average Bonchev–Trinajstić information content (AvgIpc) is 3.08. The van der Waals surface area contributed by atoms with Gasteiger partial charge in [0.2, 0.25) is 16.9 Å². The van der Waals surface area contributed by atoms with Crippen molar-refractivity contribution < 1.29 is 9.59 Å². The number of aromatic nitrogens is 2. The molecule has 2 aromatic rings. The van der Waals surface area contributed by atoms with Gasteiger partial charge in [0.1, 0.15) is 5.01 Å². The molecule has 0 saturated heterocycles. The van der Waals surface area contributed by atoms with Crippen LogP contribution in [0, 0.1) is 0 Å². The fourth-order valence-electron chi connectivity index (χ4n) is 2.29. The van der Waals surface area contributed by atoms with Crippen LogP contribution in [0.2, 0.25) is 0 Å². The van der Waals surface area contributed by atoms with Gasteiger partial charge in [-0.2, -0.15) is 0 Å². The Morgan fingerprint density at radius 3 is 2.27 bits per heavy atom. The Labute approximate surface area is 158 Å². The summed E-state index contributed by atoms with van der Waals surface area (Å²) < 4.78 is 0. The SMILES string of the molecule is CCCCc1ccc(NC(=O)CCC(=O)Nc2nnc(C(C)C)s2)cc1. The minimum atomic E-state index is -0.235. The Hall–Kier alpha value is -2.28. The molecular weight excluding hydrogens is 348 g/mol. The third-order valence-electron chi connectivity index (χ3n) is 3.82. The van der Waals surface area contributed by atoms with E-state index in [9.17, 15) is 9.59 Å². The zero-order chi connectivity index (χ0) is 18.9. The molecule has 1 aromatic carbocycles. The summed E-state index contributed by atoms with van der Waals surface area (Å²) >= 11 is 1.36. The predicted octanol–water partition coefficient (Wildman–Crippen LogP) is 4.36. The highest BCUT2D eigenvalue weighted by Crippen LogP contribution is 2.22. The van der Waals surface area contributed by atoms with E-state index in [0.29, 0.717) is 5.13 Å². The van der Waals surface area contributed by atoms with Gasteiger partial charge in [-0.1, -0.05) is 50.7 Å². The van der Waals surface area contributed by atoms with Crippen LogP contribution >= 0.6 is 11.3 Å². The normalized spacial score (nSPS) is 10.8. The zero-order valence-electron chi connectivity index (χ0n) is 15.5. The second kappa shape index (κ2) is 10.0. The largest absolute Gasteiger partial charge is 0.326 e. The minimum Gasteiger partial charge on any atom is -0.326 e. The first-order valence-corrected chi connectivity index (χ1v) is 9.81. The van der Waals surface area contributed by atoms with Gasteiger partial charge < -0.3 is 10.6 Å². The van der Waals surface area contributed by atoms with Crippen LogP contribution in [0.5, 0.6) is 0 Å². The molecule has 0 bridgehead atoms. The molecule has 7 heteroatoms. The minimum absolute atomic E-state index is 0.108. The molecule has 140 valence electrons. The summed E-state index contributed by atoms with van der Waals surface area (Å²) in [4.78, 5) is 23.9. The molecule has 2 rings (SSSR count). The summed E-state index contributed by atoms with van der Waals surface area (Å²) in [6.45, 7) is 6.21. The van der Waals surface area contributed by atoms with Crippen LogP contribution < -0.4 is 10.6 Å². The number of carbonyl (C=O) groups excluding carboxylic acids is 2. The smallest absolute Gasteiger partial charge is 0.226 e. The molecule has 0 saturated carbocycles. The summed E-state index contributed by atoms with van der Waals surface area (Å²) in [7, 11) is 0. The van der Waals surface area contributed by atoms with E-state index >= 15 is 0 Å². The highest BCUT2D eigenvalue weighted by molar-refractivity contribution is 7.15. The first-order chi connectivity index (χ1) is 12.5. The molecule has 1 aromatic heterocycles. The van der Waals surface area contributed by atoms with Crippen LogP contribution in [0.4, 0.5) is 10.8 Å². The number of nitrogens with zero attached hydrogens (tertiary/aromatic N) is 2. The lowest BCUT2D eigenvalue weighted by atomic mass is 10.1. The molecule has 0 fully saturated rings. The van der Waals surface area contributed by atoms with Gasteiger partial charge in [-0.05, 0) is 30.5 Å². The quantitative estimate of drug-likeness (QED) is 0.683. The van der Waals surface area contributed by atoms with Crippen molar-refractivity contribution in [3.8, 4) is 0 Å². The van der Waals surface area contributed by atoms with E-state index in [1.54, 1.807) is 0 Å². The molecule has 0 atom stereocenters. The number of unbranched alkanes of at least 4 members (excludes halogenated alkanes) is 1. The van der Waals surface area contributed by atoms with Crippen molar-refractivity contribution in [3.05, 3.63) is 34.8 Å². The molecular formula is C19H26N4O2S. The van der Waals surface area contributed by atoms with Crippen molar-refractivity contribution in [1.29, 1.82) is 0 Å². The molecule has 0 aliphatic heterocycles. The van der Waals surface area contributed by atoms with Crippen molar-refractivity contribution in [2.24, 2.45) is 0 Å². The van der Waals surface area contributed by atoms with Crippen molar-refractivity contribution >= 4 is 34.0 Å². The average molecular weight is 375 g/mol. The third-order valence-corrected chi connectivity index (χ3v) is 4.96. The number of hydrogen-bond acceptors (Lipinski definition) is 5. The fourth-order valence-corrected chi connectivity index (χ4v) is 3.05. The lowest BCUT2D eigenvalue weighted by Gasteiger charge is -2.06. The van der Waals surface area contributed by atoms with Gasteiger partial charge in [0.05, 0.1) is 0 Å². The Balaban J connectivity index is 1.74. The van der Waals surface area contributed by atoms with E-state index in [4.69, 9.17) is 0 Å². The lowest BCUT2D eigenvalue weighted by molar-refractivity contribution is -0.121. The first kappa shape index (κ1) is 20.0. The van der Waals surface area contributed by atoms with Gasteiger partial charge in [-0.15, -0.1) is 10.2 Å². The molecule has 6 nitrogen and oxygen atoms in total.